The Morgan fingerprint density at radius 2 is 1.69 bits per heavy atom. The second kappa shape index (κ2) is 11.1. The van der Waals surface area contributed by atoms with Crippen LogP contribution in [0.1, 0.15) is 46.4 Å². The molecule has 0 aliphatic heterocycles. The number of rotatable bonds is 1. The summed E-state index contributed by atoms with van der Waals surface area (Å²) in [5.41, 5.74) is 0.720. The van der Waals surface area contributed by atoms with Crippen molar-refractivity contribution in [3.63, 3.8) is 0 Å². The molecule has 0 aromatic carbocycles. The molecule has 0 bridgehead atoms. The summed E-state index contributed by atoms with van der Waals surface area (Å²) >= 11 is 0. The van der Waals surface area contributed by atoms with E-state index in [0.29, 0.717) is 0 Å². The standard InChI is InChI=1S/C7H9NO.2C2H6/c1-6(9)7-4-2-3-5-8-7;2*1-2/h2-6,9H,1H3;2*1-2H3. The Labute approximate surface area is 81.6 Å². The Bertz CT molecular complexity index is 173. The van der Waals surface area contributed by atoms with Gasteiger partial charge >= 0.3 is 0 Å². The molecule has 0 amide bonds. The fraction of sp³-hybridized carbons (Fsp3) is 0.545. The highest BCUT2D eigenvalue weighted by Crippen LogP contribution is 2.05. The van der Waals surface area contributed by atoms with Gasteiger partial charge in [-0.05, 0) is 19.1 Å². The van der Waals surface area contributed by atoms with Gasteiger partial charge in [-0.15, -0.1) is 0 Å². The number of aliphatic hydroxyl groups excluding tert-OH is 1. The summed E-state index contributed by atoms with van der Waals surface area (Å²) in [7, 11) is 0. The lowest BCUT2D eigenvalue weighted by Gasteiger charge is -1.99. The van der Waals surface area contributed by atoms with E-state index in [1.807, 2.05) is 39.8 Å². The Balaban J connectivity index is 0. The number of hydrogen-bond donors (Lipinski definition) is 1. The van der Waals surface area contributed by atoms with Gasteiger partial charge in [0.2, 0.25) is 0 Å². The minimum absolute atomic E-state index is 0.453. The first-order chi connectivity index (χ1) is 6.30. The highest BCUT2D eigenvalue weighted by molar-refractivity contribution is 5.05. The van der Waals surface area contributed by atoms with Gasteiger partial charge in [-0.3, -0.25) is 4.98 Å². The fourth-order valence-electron chi connectivity index (χ4n) is 0.623. The Kier molecular flexibility index (Phi) is 12.5. The van der Waals surface area contributed by atoms with Crippen LogP contribution in [-0.4, -0.2) is 10.1 Å². The number of aliphatic hydroxyl groups is 1. The normalized spacial score (nSPS) is 10.0. The average molecular weight is 183 g/mol. The summed E-state index contributed by atoms with van der Waals surface area (Å²) in [6.07, 6.45) is 1.22. The van der Waals surface area contributed by atoms with Crippen LogP contribution in [0.25, 0.3) is 0 Å². The van der Waals surface area contributed by atoms with E-state index in [4.69, 9.17) is 5.11 Å². The quantitative estimate of drug-likeness (QED) is 0.725. The molecule has 0 radical (unpaired) electrons. The van der Waals surface area contributed by atoms with E-state index in [2.05, 4.69) is 4.98 Å². The molecule has 0 fully saturated rings. The summed E-state index contributed by atoms with van der Waals surface area (Å²) in [5, 5.41) is 8.96. The molecule has 0 saturated heterocycles. The maximum atomic E-state index is 8.96. The van der Waals surface area contributed by atoms with E-state index in [1.165, 1.54) is 0 Å². The third-order valence-electron chi connectivity index (χ3n) is 1.12. The molecule has 1 rings (SSSR count). The van der Waals surface area contributed by atoms with Gasteiger partial charge in [0.15, 0.2) is 0 Å². The fourth-order valence-corrected chi connectivity index (χ4v) is 0.623. The van der Waals surface area contributed by atoms with Gasteiger partial charge in [0.05, 0.1) is 11.8 Å². The molecule has 1 heterocycles. The minimum atomic E-state index is -0.453. The minimum Gasteiger partial charge on any atom is -0.387 e. The first-order valence-electron chi connectivity index (χ1n) is 4.89. The van der Waals surface area contributed by atoms with Gasteiger partial charge in [-0.25, -0.2) is 0 Å². The maximum absolute atomic E-state index is 8.96. The number of pyridine rings is 1. The first-order valence-corrected chi connectivity index (χ1v) is 4.89. The van der Waals surface area contributed by atoms with Crippen LogP contribution < -0.4 is 0 Å². The third-order valence-corrected chi connectivity index (χ3v) is 1.12. The molecule has 0 spiro atoms. The van der Waals surface area contributed by atoms with Crippen molar-refractivity contribution in [3.05, 3.63) is 30.1 Å². The summed E-state index contributed by atoms with van der Waals surface area (Å²) in [4.78, 5) is 3.93. The van der Waals surface area contributed by atoms with Gasteiger partial charge < -0.3 is 5.11 Å². The Morgan fingerprint density at radius 3 is 1.92 bits per heavy atom. The van der Waals surface area contributed by atoms with Gasteiger partial charge in [-0.2, -0.15) is 0 Å². The first kappa shape index (κ1) is 14.6. The maximum Gasteiger partial charge on any atom is 0.0931 e. The Morgan fingerprint density at radius 1 is 1.15 bits per heavy atom. The molecule has 13 heavy (non-hydrogen) atoms. The summed E-state index contributed by atoms with van der Waals surface area (Å²) in [5.74, 6) is 0. The highest BCUT2D eigenvalue weighted by atomic mass is 16.3. The van der Waals surface area contributed by atoms with E-state index >= 15 is 0 Å². The lowest BCUT2D eigenvalue weighted by Crippen LogP contribution is -1.92. The van der Waals surface area contributed by atoms with Crippen LogP contribution in [0, 0.1) is 0 Å². The van der Waals surface area contributed by atoms with Crippen LogP contribution in [0.4, 0.5) is 0 Å². The van der Waals surface area contributed by atoms with Gasteiger partial charge in [-0.1, -0.05) is 33.8 Å². The zero-order valence-corrected chi connectivity index (χ0v) is 9.28. The second-order valence-electron chi connectivity index (χ2n) is 1.93. The molecule has 0 aliphatic carbocycles. The van der Waals surface area contributed by atoms with E-state index < -0.39 is 6.10 Å². The molecule has 1 unspecified atom stereocenters. The zero-order chi connectivity index (χ0) is 10.7. The third kappa shape index (κ3) is 7.47. The SMILES string of the molecule is CC.CC.CC(O)c1ccccn1. The van der Waals surface area contributed by atoms with Gasteiger partial charge in [0, 0.05) is 6.20 Å². The molecule has 2 heteroatoms. The topological polar surface area (TPSA) is 33.1 Å². The average Bonchev–Trinajstić information content (AvgIpc) is 2.25. The van der Waals surface area contributed by atoms with Crippen molar-refractivity contribution in [1.29, 1.82) is 0 Å². The van der Waals surface area contributed by atoms with Gasteiger partial charge in [0.1, 0.15) is 0 Å². The number of nitrogens with zero attached hydrogens (tertiary/aromatic N) is 1. The summed E-state index contributed by atoms with van der Waals surface area (Å²) < 4.78 is 0. The number of aromatic nitrogens is 1. The molecule has 1 atom stereocenters. The molecule has 0 aliphatic rings. The van der Waals surface area contributed by atoms with Crippen molar-refractivity contribution in [1.82, 2.24) is 4.98 Å². The lowest BCUT2D eigenvalue weighted by molar-refractivity contribution is 0.194. The van der Waals surface area contributed by atoms with E-state index in [0.717, 1.165) is 5.69 Å². The molecule has 1 aromatic heterocycles. The summed E-state index contributed by atoms with van der Waals surface area (Å²) in [6, 6.07) is 5.48. The predicted octanol–water partition coefficient (Wildman–Crippen LogP) is 3.19. The molecular formula is C11H21NO. The number of hydrogen-bond acceptors (Lipinski definition) is 2. The molecule has 0 saturated carbocycles. The van der Waals surface area contributed by atoms with Crippen molar-refractivity contribution in [2.75, 3.05) is 0 Å². The van der Waals surface area contributed by atoms with Crippen LogP contribution in [0.3, 0.4) is 0 Å². The smallest absolute Gasteiger partial charge is 0.0931 e. The molecule has 1 N–H and O–H groups in total. The van der Waals surface area contributed by atoms with Crippen LogP contribution in [-0.2, 0) is 0 Å². The highest BCUT2D eigenvalue weighted by Gasteiger charge is 1.97. The predicted molar refractivity (Wildman–Crippen MR) is 57.6 cm³/mol. The van der Waals surface area contributed by atoms with E-state index in [9.17, 15) is 0 Å². The second-order valence-corrected chi connectivity index (χ2v) is 1.93. The molecule has 2 nitrogen and oxygen atoms in total. The molecular weight excluding hydrogens is 162 g/mol. The van der Waals surface area contributed by atoms with Crippen molar-refractivity contribution in [2.24, 2.45) is 0 Å². The zero-order valence-electron chi connectivity index (χ0n) is 9.28. The van der Waals surface area contributed by atoms with Crippen molar-refractivity contribution >= 4 is 0 Å². The lowest BCUT2D eigenvalue weighted by atomic mass is 10.2. The van der Waals surface area contributed by atoms with Crippen LogP contribution in [0.5, 0.6) is 0 Å². The summed E-state index contributed by atoms with van der Waals surface area (Å²) in [6.45, 7) is 9.70. The Hall–Kier alpha value is -0.890. The van der Waals surface area contributed by atoms with Gasteiger partial charge in [0.25, 0.3) is 0 Å². The van der Waals surface area contributed by atoms with Crippen molar-refractivity contribution in [2.45, 2.75) is 40.7 Å². The van der Waals surface area contributed by atoms with Crippen LogP contribution in [0.15, 0.2) is 24.4 Å². The van der Waals surface area contributed by atoms with Crippen LogP contribution in [0.2, 0.25) is 0 Å². The van der Waals surface area contributed by atoms with Crippen molar-refractivity contribution in [3.8, 4) is 0 Å². The van der Waals surface area contributed by atoms with Crippen molar-refractivity contribution < 1.29 is 5.11 Å². The van der Waals surface area contributed by atoms with Crippen LogP contribution >= 0.6 is 0 Å². The monoisotopic (exact) mass is 183 g/mol. The molecule has 1 aromatic rings. The van der Waals surface area contributed by atoms with E-state index in [1.54, 1.807) is 19.2 Å². The van der Waals surface area contributed by atoms with E-state index in [-0.39, 0.29) is 0 Å². The largest absolute Gasteiger partial charge is 0.387 e. The molecule has 76 valence electrons.